The van der Waals surface area contributed by atoms with Gasteiger partial charge in [0.15, 0.2) is 0 Å². The summed E-state index contributed by atoms with van der Waals surface area (Å²) in [5.74, 6) is -0.0610. The predicted molar refractivity (Wildman–Crippen MR) is 85.3 cm³/mol. The van der Waals surface area contributed by atoms with Crippen LogP contribution in [0.15, 0.2) is 30.3 Å². The first-order valence-corrected chi connectivity index (χ1v) is 8.15. The summed E-state index contributed by atoms with van der Waals surface area (Å²) in [6.45, 7) is 3.27. The van der Waals surface area contributed by atoms with Crippen molar-refractivity contribution in [2.75, 3.05) is 6.54 Å². The van der Waals surface area contributed by atoms with Crippen LogP contribution in [0.4, 0.5) is 0 Å². The van der Waals surface area contributed by atoms with E-state index in [1.807, 2.05) is 0 Å². The fourth-order valence-electron chi connectivity index (χ4n) is 3.11. The molecule has 1 aliphatic carbocycles. The molecule has 0 amide bonds. The van der Waals surface area contributed by atoms with Gasteiger partial charge < -0.3 is 10.4 Å². The molecule has 0 radical (unpaired) electrons. The summed E-state index contributed by atoms with van der Waals surface area (Å²) in [6, 6.07) is 11.1. The first kappa shape index (κ1) is 16.0. The van der Waals surface area contributed by atoms with Crippen LogP contribution in [0, 0.1) is 11.8 Å². The number of aliphatic carboxylic acids is 1. The van der Waals surface area contributed by atoms with E-state index in [1.165, 1.54) is 5.56 Å². The smallest absolute Gasteiger partial charge is 0.306 e. The van der Waals surface area contributed by atoms with E-state index in [0.717, 1.165) is 45.1 Å². The SMILES string of the molecule is CC(CCc1ccccc1)NCC1CCC(C(=O)O)CC1. The zero-order chi connectivity index (χ0) is 15.1. The Balaban J connectivity index is 1.61. The average Bonchev–Trinajstić information content (AvgIpc) is 2.52. The third-order valence-electron chi connectivity index (χ3n) is 4.66. The van der Waals surface area contributed by atoms with Crippen molar-refractivity contribution in [2.45, 2.75) is 51.5 Å². The molecule has 1 fully saturated rings. The average molecular weight is 289 g/mol. The number of nitrogens with one attached hydrogen (secondary N) is 1. The zero-order valence-electron chi connectivity index (χ0n) is 12.9. The monoisotopic (exact) mass is 289 g/mol. The lowest BCUT2D eigenvalue weighted by Crippen LogP contribution is -2.34. The molecule has 0 aliphatic heterocycles. The Morgan fingerprint density at radius 3 is 2.52 bits per heavy atom. The quantitative estimate of drug-likeness (QED) is 0.808. The van der Waals surface area contributed by atoms with Crippen LogP contribution in [0.3, 0.4) is 0 Å². The Morgan fingerprint density at radius 1 is 1.24 bits per heavy atom. The van der Waals surface area contributed by atoms with Gasteiger partial charge in [-0.15, -0.1) is 0 Å². The van der Waals surface area contributed by atoms with Crippen LogP contribution < -0.4 is 5.32 Å². The van der Waals surface area contributed by atoms with Gasteiger partial charge in [-0.3, -0.25) is 4.79 Å². The Morgan fingerprint density at radius 2 is 1.90 bits per heavy atom. The molecule has 21 heavy (non-hydrogen) atoms. The summed E-state index contributed by atoms with van der Waals surface area (Å²) in [5.41, 5.74) is 1.40. The maximum absolute atomic E-state index is 10.9. The van der Waals surface area contributed by atoms with Crippen LogP contribution in [0.1, 0.15) is 44.6 Å². The Bertz CT molecular complexity index is 424. The van der Waals surface area contributed by atoms with Crippen LogP contribution in [0.2, 0.25) is 0 Å². The van der Waals surface area contributed by atoms with Crippen LogP contribution in [-0.4, -0.2) is 23.7 Å². The Kier molecular flexibility index (Phi) is 6.24. The highest BCUT2D eigenvalue weighted by molar-refractivity contribution is 5.69. The van der Waals surface area contributed by atoms with E-state index < -0.39 is 5.97 Å². The Hall–Kier alpha value is -1.35. The highest BCUT2D eigenvalue weighted by atomic mass is 16.4. The summed E-state index contributed by atoms with van der Waals surface area (Å²) >= 11 is 0. The van der Waals surface area contributed by atoms with E-state index in [9.17, 15) is 4.79 Å². The first-order chi connectivity index (χ1) is 10.1. The molecule has 2 N–H and O–H groups in total. The predicted octanol–water partition coefficient (Wildman–Crippen LogP) is 3.49. The van der Waals surface area contributed by atoms with Crippen molar-refractivity contribution in [3.8, 4) is 0 Å². The molecule has 1 saturated carbocycles. The van der Waals surface area contributed by atoms with E-state index in [1.54, 1.807) is 0 Å². The third-order valence-corrected chi connectivity index (χ3v) is 4.66. The second-order valence-corrected chi connectivity index (χ2v) is 6.39. The molecule has 2 rings (SSSR count). The lowest BCUT2D eigenvalue weighted by atomic mass is 9.82. The van der Waals surface area contributed by atoms with Gasteiger partial charge in [-0.1, -0.05) is 30.3 Å². The van der Waals surface area contributed by atoms with Crippen molar-refractivity contribution in [1.82, 2.24) is 5.32 Å². The molecule has 1 atom stereocenters. The Labute approximate surface area is 127 Å². The summed E-state index contributed by atoms with van der Waals surface area (Å²) < 4.78 is 0. The maximum atomic E-state index is 10.9. The summed E-state index contributed by atoms with van der Waals surface area (Å²) in [4.78, 5) is 10.9. The maximum Gasteiger partial charge on any atom is 0.306 e. The van der Waals surface area contributed by atoms with Gasteiger partial charge in [0.25, 0.3) is 0 Å². The van der Waals surface area contributed by atoms with Crippen LogP contribution in [0.25, 0.3) is 0 Å². The highest BCUT2D eigenvalue weighted by Crippen LogP contribution is 2.28. The molecule has 0 heterocycles. The minimum absolute atomic E-state index is 0.100. The van der Waals surface area contributed by atoms with E-state index >= 15 is 0 Å². The van der Waals surface area contributed by atoms with E-state index in [-0.39, 0.29) is 5.92 Å². The van der Waals surface area contributed by atoms with Gasteiger partial charge in [-0.25, -0.2) is 0 Å². The molecular weight excluding hydrogens is 262 g/mol. The lowest BCUT2D eigenvalue weighted by molar-refractivity contribution is -0.143. The molecule has 1 unspecified atom stereocenters. The normalized spacial score (nSPS) is 23.7. The lowest BCUT2D eigenvalue weighted by Gasteiger charge is -2.27. The molecule has 1 aliphatic rings. The van der Waals surface area contributed by atoms with E-state index in [0.29, 0.717) is 12.0 Å². The van der Waals surface area contributed by atoms with Gasteiger partial charge in [0.05, 0.1) is 5.92 Å². The number of carboxylic acids is 1. The fraction of sp³-hybridized carbons (Fsp3) is 0.611. The molecule has 3 heteroatoms. The molecule has 1 aromatic rings. The zero-order valence-corrected chi connectivity index (χ0v) is 12.9. The van der Waals surface area contributed by atoms with Gasteiger partial charge in [0.1, 0.15) is 0 Å². The molecule has 116 valence electrons. The van der Waals surface area contributed by atoms with Crippen molar-refractivity contribution in [1.29, 1.82) is 0 Å². The molecule has 1 aromatic carbocycles. The molecule has 0 saturated heterocycles. The topological polar surface area (TPSA) is 49.3 Å². The van der Waals surface area contributed by atoms with Crippen LogP contribution in [0.5, 0.6) is 0 Å². The summed E-state index contributed by atoms with van der Waals surface area (Å²) in [6.07, 6.45) is 6.06. The second kappa shape index (κ2) is 8.18. The van der Waals surface area contributed by atoms with Gasteiger partial charge in [-0.2, -0.15) is 0 Å². The number of carbonyl (C=O) groups is 1. The van der Waals surface area contributed by atoms with Gasteiger partial charge in [-0.05, 0) is 63.5 Å². The molecule has 0 aromatic heterocycles. The first-order valence-electron chi connectivity index (χ1n) is 8.15. The van der Waals surface area contributed by atoms with Gasteiger partial charge in [0, 0.05) is 6.04 Å². The number of aryl methyl sites for hydroxylation is 1. The van der Waals surface area contributed by atoms with Gasteiger partial charge in [0.2, 0.25) is 0 Å². The molecule has 0 bridgehead atoms. The van der Waals surface area contributed by atoms with Gasteiger partial charge >= 0.3 is 5.97 Å². The van der Waals surface area contributed by atoms with E-state index in [4.69, 9.17) is 5.11 Å². The number of rotatable bonds is 7. The largest absolute Gasteiger partial charge is 0.481 e. The van der Waals surface area contributed by atoms with Crippen molar-refractivity contribution < 1.29 is 9.90 Å². The molecular formula is C18H27NO2. The standard InChI is InChI=1S/C18H27NO2/c1-14(7-8-15-5-3-2-4-6-15)19-13-16-9-11-17(12-10-16)18(20)21/h2-6,14,16-17,19H,7-13H2,1H3,(H,20,21). The highest BCUT2D eigenvalue weighted by Gasteiger charge is 2.25. The fourth-order valence-corrected chi connectivity index (χ4v) is 3.11. The van der Waals surface area contributed by atoms with Crippen LogP contribution >= 0.6 is 0 Å². The number of hydrogen-bond donors (Lipinski definition) is 2. The minimum atomic E-state index is -0.613. The summed E-state index contributed by atoms with van der Waals surface area (Å²) in [5, 5.41) is 12.6. The molecule has 3 nitrogen and oxygen atoms in total. The summed E-state index contributed by atoms with van der Waals surface area (Å²) in [7, 11) is 0. The van der Waals surface area contributed by atoms with Crippen molar-refractivity contribution in [2.24, 2.45) is 11.8 Å². The van der Waals surface area contributed by atoms with Crippen molar-refractivity contribution in [3.63, 3.8) is 0 Å². The second-order valence-electron chi connectivity index (χ2n) is 6.39. The number of carboxylic acid groups (broad SMARTS) is 1. The van der Waals surface area contributed by atoms with Crippen molar-refractivity contribution >= 4 is 5.97 Å². The third kappa shape index (κ3) is 5.50. The molecule has 0 spiro atoms. The van der Waals surface area contributed by atoms with Crippen LogP contribution in [-0.2, 0) is 11.2 Å². The number of benzene rings is 1. The minimum Gasteiger partial charge on any atom is -0.481 e. The number of hydrogen-bond acceptors (Lipinski definition) is 2. The van der Waals surface area contributed by atoms with E-state index in [2.05, 4.69) is 42.6 Å². The van der Waals surface area contributed by atoms with Crippen molar-refractivity contribution in [3.05, 3.63) is 35.9 Å².